The van der Waals surface area contributed by atoms with Crippen LogP contribution in [0.25, 0.3) is 0 Å². The molecule has 1 heterocycles. The number of rotatable bonds is 9. The highest BCUT2D eigenvalue weighted by molar-refractivity contribution is 4.95. The average molecular weight is 328 g/mol. The Bertz CT molecular complexity index is 310. The molecule has 1 fully saturated rings. The van der Waals surface area contributed by atoms with Gasteiger partial charge in [-0.25, -0.2) is 4.39 Å². The molecule has 1 rings (SSSR count). The Labute approximate surface area is 145 Å². The second-order valence-electron chi connectivity index (χ2n) is 9.17. The van der Waals surface area contributed by atoms with E-state index in [4.69, 9.17) is 0 Å². The third-order valence-electron chi connectivity index (χ3n) is 6.26. The molecule has 0 N–H and O–H groups in total. The van der Waals surface area contributed by atoms with Gasteiger partial charge >= 0.3 is 0 Å². The van der Waals surface area contributed by atoms with Crippen LogP contribution in [-0.4, -0.2) is 30.2 Å². The van der Waals surface area contributed by atoms with Crippen molar-refractivity contribution in [3.63, 3.8) is 0 Å². The summed E-state index contributed by atoms with van der Waals surface area (Å²) in [6, 6.07) is 0. The molecule has 1 unspecified atom stereocenters. The monoisotopic (exact) mass is 327 g/mol. The number of hydrogen-bond acceptors (Lipinski definition) is 1. The van der Waals surface area contributed by atoms with E-state index in [1.807, 2.05) is 20.8 Å². The lowest BCUT2D eigenvalue weighted by Crippen LogP contribution is -2.48. The molecule has 0 aromatic rings. The lowest BCUT2D eigenvalue weighted by atomic mass is 9.72. The molecule has 0 amide bonds. The van der Waals surface area contributed by atoms with Crippen molar-refractivity contribution in [2.45, 2.75) is 98.6 Å². The second kappa shape index (κ2) is 9.39. The Morgan fingerprint density at radius 1 is 1.00 bits per heavy atom. The smallest absolute Gasteiger partial charge is 0.118 e. The summed E-state index contributed by atoms with van der Waals surface area (Å²) in [5.74, 6) is 1.74. The maximum Gasteiger partial charge on any atom is 0.118 e. The zero-order valence-corrected chi connectivity index (χ0v) is 16.8. The van der Waals surface area contributed by atoms with Crippen LogP contribution in [0, 0.1) is 17.3 Å². The lowest BCUT2D eigenvalue weighted by molar-refractivity contribution is -0.0295. The van der Waals surface area contributed by atoms with E-state index in [0.717, 1.165) is 24.9 Å². The van der Waals surface area contributed by atoms with Crippen molar-refractivity contribution >= 4 is 0 Å². The molecule has 0 spiro atoms. The van der Waals surface area contributed by atoms with E-state index in [1.54, 1.807) is 0 Å². The van der Waals surface area contributed by atoms with E-state index in [0.29, 0.717) is 12.8 Å². The average Bonchev–Trinajstić information content (AvgIpc) is 2.47. The van der Waals surface area contributed by atoms with Crippen LogP contribution in [0.2, 0.25) is 0 Å². The quantitative estimate of drug-likeness (QED) is 0.439. The van der Waals surface area contributed by atoms with Gasteiger partial charge in [0.1, 0.15) is 5.67 Å². The Hall–Kier alpha value is -0.110. The molecule has 1 atom stereocenters. The van der Waals surface area contributed by atoms with Gasteiger partial charge in [0.15, 0.2) is 0 Å². The first-order valence-corrected chi connectivity index (χ1v) is 10.1. The Morgan fingerprint density at radius 2 is 1.57 bits per heavy atom. The third-order valence-corrected chi connectivity index (χ3v) is 6.26. The van der Waals surface area contributed by atoms with Crippen LogP contribution in [0.1, 0.15) is 92.9 Å². The van der Waals surface area contributed by atoms with Crippen molar-refractivity contribution in [2.24, 2.45) is 17.3 Å². The van der Waals surface area contributed by atoms with E-state index < -0.39 is 5.67 Å². The highest BCUT2D eigenvalue weighted by atomic mass is 19.1. The van der Waals surface area contributed by atoms with Crippen molar-refractivity contribution < 1.29 is 4.39 Å². The van der Waals surface area contributed by atoms with Gasteiger partial charge in [0.25, 0.3) is 0 Å². The molecule has 0 aliphatic carbocycles. The largest absolute Gasteiger partial charge is 0.303 e. The number of unbranched alkanes of at least 4 members (excludes halogenated alkanes) is 3. The molecular weight excluding hydrogens is 285 g/mol. The lowest BCUT2D eigenvalue weighted by Gasteiger charge is -2.44. The summed E-state index contributed by atoms with van der Waals surface area (Å²) in [7, 11) is 0. The maximum absolute atomic E-state index is 14.9. The van der Waals surface area contributed by atoms with E-state index in [-0.39, 0.29) is 5.41 Å². The van der Waals surface area contributed by atoms with Gasteiger partial charge in [-0.15, -0.1) is 0 Å². The minimum absolute atomic E-state index is 0.217. The molecule has 1 saturated heterocycles. The fourth-order valence-electron chi connectivity index (χ4n) is 3.99. The molecule has 0 saturated carbocycles. The Balaban J connectivity index is 2.10. The third kappa shape index (κ3) is 6.72. The number of likely N-dealkylation sites (tertiary alicyclic amines) is 1. The second-order valence-corrected chi connectivity index (χ2v) is 9.17. The topological polar surface area (TPSA) is 3.24 Å². The Morgan fingerprint density at radius 3 is 2.04 bits per heavy atom. The molecule has 0 radical (unpaired) electrons. The van der Waals surface area contributed by atoms with Gasteiger partial charge in [-0.05, 0) is 43.1 Å². The molecule has 2 heteroatoms. The van der Waals surface area contributed by atoms with Crippen LogP contribution in [-0.2, 0) is 0 Å². The van der Waals surface area contributed by atoms with Crippen LogP contribution >= 0.6 is 0 Å². The molecule has 0 aromatic carbocycles. The van der Waals surface area contributed by atoms with Crippen molar-refractivity contribution in [3.8, 4) is 0 Å². The summed E-state index contributed by atoms with van der Waals surface area (Å²) >= 11 is 0. The molecule has 0 bridgehead atoms. The fraction of sp³-hybridized carbons (Fsp3) is 1.00. The van der Waals surface area contributed by atoms with Gasteiger partial charge in [-0.2, -0.15) is 0 Å². The van der Waals surface area contributed by atoms with Crippen LogP contribution in [0.15, 0.2) is 0 Å². The van der Waals surface area contributed by atoms with Gasteiger partial charge in [-0.1, -0.05) is 73.6 Å². The minimum Gasteiger partial charge on any atom is -0.303 e. The predicted molar refractivity (Wildman–Crippen MR) is 101 cm³/mol. The zero-order valence-electron chi connectivity index (χ0n) is 16.8. The molecule has 1 aliphatic heterocycles. The summed E-state index contributed by atoms with van der Waals surface area (Å²) in [4.78, 5) is 2.48. The van der Waals surface area contributed by atoms with Crippen molar-refractivity contribution in [1.82, 2.24) is 4.90 Å². The number of nitrogens with zero attached hydrogens (tertiary/aromatic N) is 1. The van der Waals surface area contributed by atoms with Crippen LogP contribution in [0.3, 0.4) is 0 Å². The van der Waals surface area contributed by atoms with Gasteiger partial charge < -0.3 is 4.90 Å². The Kier molecular flexibility index (Phi) is 8.55. The number of alkyl halides is 1. The number of hydrogen-bond donors (Lipinski definition) is 0. The summed E-state index contributed by atoms with van der Waals surface area (Å²) in [5.41, 5.74) is -1.18. The van der Waals surface area contributed by atoms with Crippen LogP contribution < -0.4 is 0 Å². The summed E-state index contributed by atoms with van der Waals surface area (Å²) < 4.78 is 14.9. The predicted octanol–water partition coefficient (Wildman–Crippen LogP) is 6.47. The first-order valence-electron chi connectivity index (χ1n) is 10.1. The van der Waals surface area contributed by atoms with E-state index in [2.05, 4.69) is 25.7 Å². The van der Waals surface area contributed by atoms with E-state index in [1.165, 1.54) is 45.1 Å². The SMILES string of the molecule is CCC(CCCCCCN1CCC(F)(C(C)(C)C)CC1)C(C)C. The first kappa shape index (κ1) is 20.9. The molecule has 138 valence electrons. The minimum atomic E-state index is -0.963. The molecule has 1 nitrogen and oxygen atoms in total. The summed E-state index contributed by atoms with van der Waals surface area (Å²) in [5, 5.41) is 0. The van der Waals surface area contributed by atoms with Gasteiger partial charge in [0.2, 0.25) is 0 Å². The molecule has 1 aliphatic rings. The molecule has 0 aromatic heterocycles. The van der Waals surface area contributed by atoms with Crippen LogP contribution in [0.5, 0.6) is 0 Å². The highest BCUT2D eigenvalue weighted by Crippen LogP contribution is 2.42. The number of piperidine rings is 1. The van der Waals surface area contributed by atoms with E-state index in [9.17, 15) is 4.39 Å². The maximum atomic E-state index is 14.9. The van der Waals surface area contributed by atoms with Crippen LogP contribution in [0.4, 0.5) is 4.39 Å². The van der Waals surface area contributed by atoms with Crippen molar-refractivity contribution in [2.75, 3.05) is 19.6 Å². The first-order chi connectivity index (χ1) is 10.7. The zero-order chi connectivity index (χ0) is 17.5. The normalized spacial score (nSPS) is 20.9. The summed E-state index contributed by atoms with van der Waals surface area (Å²) in [6.07, 6.45) is 9.52. The summed E-state index contributed by atoms with van der Waals surface area (Å²) in [6.45, 7) is 16.2. The fourth-order valence-corrected chi connectivity index (χ4v) is 3.99. The number of halogens is 1. The molecular formula is C21H42FN. The highest BCUT2D eigenvalue weighted by Gasteiger charge is 2.44. The van der Waals surface area contributed by atoms with Gasteiger partial charge in [-0.3, -0.25) is 0 Å². The van der Waals surface area contributed by atoms with Crippen molar-refractivity contribution in [1.29, 1.82) is 0 Å². The van der Waals surface area contributed by atoms with Gasteiger partial charge in [0, 0.05) is 13.1 Å². The van der Waals surface area contributed by atoms with Gasteiger partial charge in [0.05, 0.1) is 0 Å². The molecule has 23 heavy (non-hydrogen) atoms. The standard InChI is InChI=1S/C21H42FN/c1-7-19(18(2)3)12-10-8-9-11-15-23-16-13-21(22,14-17-23)20(4,5)6/h18-19H,7-17H2,1-6H3. The van der Waals surface area contributed by atoms with E-state index >= 15 is 0 Å². The van der Waals surface area contributed by atoms with Crippen molar-refractivity contribution in [3.05, 3.63) is 0 Å².